The van der Waals surface area contributed by atoms with Gasteiger partial charge in [-0.2, -0.15) is 0 Å². The van der Waals surface area contributed by atoms with Crippen LogP contribution in [-0.2, 0) is 4.79 Å². The molecule has 1 saturated heterocycles. The van der Waals surface area contributed by atoms with Crippen LogP contribution in [0, 0.1) is 12.3 Å². The summed E-state index contributed by atoms with van der Waals surface area (Å²) in [5.74, 6) is 0.835. The Morgan fingerprint density at radius 3 is 2.23 bits per heavy atom. The number of nitrogens with zero attached hydrogens (tertiary/aromatic N) is 2. The van der Waals surface area contributed by atoms with Gasteiger partial charge < -0.3 is 9.64 Å². The number of hydrogen-bond acceptors (Lipinski definition) is 3. The molecule has 1 aliphatic rings. The molecule has 4 heteroatoms. The SMILES string of the molecule is Cc1ccc(OCC(=O)N2CCN(CC(C)(C)C)CC2)cc1. The van der Waals surface area contributed by atoms with Crippen molar-refractivity contribution in [2.24, 2.45) is 5.41 Å². The summed E-state index contributed by atoms with van der Waals surface area (Å²) < 4.78 is 5.58. The molecule has 1 fully saturated rings. The van der Waals surface area contributed by atoms with Crippen molar-refractivity contribution in [3.8, 4) is 5.75 Å². The number of rotatable bonds is 4. The Balaban J connectivity index is 1.74. The van der Waals surface area contributed by atoms with E-state index in [1.54, 1.807) is 0 Å². The summed E-state index contributed by atoms with van der Waals surface area (Å²) in [4.78, 5) is 16.6. The lowest BCUT2D eigenvalue weighted by Gasteiger charge is -2.37. The Morgan fingerprint density at radius 2 is 1.68 bits per heavy atom. The predicted molar refractivity (Wildman–Crippen MR) is 89.1 cm³/mol. The molecule has 122 valence electrons. The molecule has 4 nitrogen and oxygen atoms in total. The van der Waals surface area contributed by atoms with E-state index >= 15 is 0 Å². The van der Waals surface area contributed by atoms with Crippen molar-refractivity contribution in [1.29, 1.82) is 0 Å². The Labute approximate surface area is 134 Å². The molecule has 0 aliphatic carbocycles. The Morgan fingerprint density at radius 1 is 1.09 bits per heavy atom. The molecule has 22 heavy (non-hydrogen) atoms. The first-order chi connectivity index (χ1) is 10.3. The van der Waals surface area contributed by atoms with Gasteiger partial charge in [0.1, 0.15) is 5.75 Å². The molecule has 1 aromatic carbocycles. The van der Waals surface area contributed by atoms with E-state index in [2.05, 4.69) is 25.7 Å². The highest BCUT2D eigenvalue weighted by molar-refractivity contribution is 5.77. The van der Waals surface area contributed by atoms with Gasteiger partial charge in [-0.15, -0.1) is 0 Å². The Kier molecular flexibility index (Phi) is 5.46. The third kappa shape index (κ3) is 5.34. The number of ether oxygens (including phenoxy) is 1. The van der Waals surface area contributed by atoms with E-state index in [9.17, 15) is 4.79 Å². The van der Waals surface area contributed by atoms with Crippen LogP contribution in [0.4, 0.5) is 0 Å². The fourth-order valence-corrected chi connectivity index (χ4v) is 2.70. The smallest absolute Gasteiger partial charge is 0.260 e. The van der Waals surface area contributed by atoms with Crippen molar-refractivity contribution in [2.75, 3.05) is 39.3 Å². The second kappa shape index (κ2) is 7.14. The van der Waals surface area contributed by atoms with Gasteiger partial charge in [-0.05, 0) is 24.5 Å². The van der Waals surface area contributed by atoms with E-state index in [1.807, 2.05) is 36.1 Å². The third-order valence-corrected chi connectivity index (χ3v) is 3.81. The molecule has 1 heterocycles. The first-order valence-electron chi connectivity index (χ1n) is 8.03. The molecule has 0 spiro atoms. The van der Waals surface area contributed by atoms with Crippen molar-refractivity contribution in [3.05, 3.63) is 29.8 Å². The molecular weight excluding hydrogens is 276 g/mol. The number of hydrogen-bond donors (Lipinski definition) is 0. The van der Waals surface area contributed by atoms with E-state index in [-0.39, 0.29) is 12.5 Å². The molecule has 2 rings (SSSR count). The van der Waals surface area contributed by atoms with E-state index < -0.39 is 0 Å². The maximum atomic E-state index is 12.2. The number of amides is 1. The molecule has 1 aliphatic heterocycles. The van der Waals surface area contributed by atoms with Gasteiger partial charge in [0.2, 0.25) is 0 Å². The summed E-state index contributed by atoms with van der Waals surface area (Å²) in [6.45, 7) is 13.5. The molecular formula is C18H28N2O2. The van der Waals surface area contributed by atoms with Gasteiger partial charge in [-0.1, -0.05) is 38.5 Å². The first kappa shape index (κ1) is 16.8. The van der Waals surface area contributed by atoms with Crippen molar-refractivity contribution < 1.29 is 9.53 Å². The highest BCUT2D eigenvalue weighted by Crippen LogP contribution is 2.17. The minimum absolute atomic E-state index is 0.0796. The summed E-state index contributed by atoms with van der Waals surface area (Å²) in [5, 5.41) is 0. The average Bonchev–Trinajstić information content (AvgIpc) is 2.45. The molecule has 0 bridgehead atoms. The number of aryl methyl sites for hydroxylation is 1. The Bertz CT molecular complexity index is 483. The van der Waals surface area contributed by atoms with Crippen molar-refractivity contribution >= 4 is 5.91 Å². The summed E-state index contributed by atoms with van der Waals surface area (Å²) in [6.07, 6.45) is 0. The summed E-state index contributed by atoms with van der Waals surface area (Å²) in [5.41, 5.74) is 1.49. The summed E-state index contributed by atoms with van der Waals surface area (Å²) in [6, 6.07) is 7.80. The van der Waals surface area contributed by atoms with Gasteiger partial charge in [0.25, 0.3) is 5.91 Å². The summed E-state index contributed by atoms with van der Waals surface area (Å²) in [7, 11) is 0. The largest absolute Gasteiger partial charge is 0.484 e. The second-order valence-corrected chi connectivity index (χ2v) is 7.32. The van der Waals surface area contributed by atoms with Crippen LogP contribution in [-0.4, -0.2) is 55.0 Å². The van der Waals surface area contributed by atoms with Gasteiger partial charge in [-0.3, -0.25) is 9.69 Å². The van der Waals surface area contributed by atoms with E-state index in [0.717, 1.165) is 38.5 Å². The zero-order chi connectivity index (χ0) is 16.2. The average molecular weight is 304 g/mol. The second-order valence-electron chi connectivity index (χ2n) is 7.32. The number of carbonyl (C=O) groups is 1. The van der Waals surface area contributed by atoms with Gasteiger partial charge >= 0.3 is 0 Å². The number of benzene rings is 1. The van der Waals surface area contributed by atoms with Crippen molar-refractivity contribution in [3.63, 3.8) is 0 Å². The fourth-order valence-electron chi connectivity index (χ4n) is 2.70. The fraction of sp³-hybridized carbons (Fsp3) is 0.611. The summed E-state index contributed by atoms with van der Waals surface area (Å²) >= 11 is 0. The van der Waals surface area contributed by atoms with Crippen LogP contribution < -0.4 is 4.74 Å². The molecule has 0 atom stereocenters. The first-order valence-corrected chi connectivity index (χ1v) is 8.03. The van der Waals surface area contributed by atoms with Crippen LogP contribution in [0.25, 0.3) is 0 Å². The van der Waals surface area contributed by atoms with Gasteiger partial charge in [-0.25, -0.2) is 0 Å². The zero-order valence-corrected chi connectivity index (χ0v) is 14.3. The van der Waals surface area contributed by atoms with Crippen molar-refractivity contribution in [1.82, 2.24) is 9.80 Å². The van der Waals surface area contributed by atoms with Crippen molar-refractivity contribution in [2.45, 2.75) is 27.7 Å². The maximum Gasteiger partial charge on any atom is 0.260 e. The highest BCUT2D eigenvalue weighted by atomic mass is 16.5. The van der Waals surface area contributed by atoms with Gasteiger partial charge in [0.05, 0.1) is 0 Å². The highest BCUT2D eigenvalue weighted by Gasteiger charge is 2.24. The Hall–Kier alpha value is -1.55. The predicted octanol–water partition coefficient (Wildman–Crippen LogP) is 2.56. The van der Waals surface area contributed by atoms with E-state index in [1.165, 1.54) is 5.56 Å². The lowest BCUT2D eigenvalue weighted by Crippen LogP contribution is -2.51. The third-order valence-electron chi connectivity index (χ3n) is 3.81. The lowest BCUT2D eigenvalue weighted by molar-refractivity contribution is -0.135. The van der Waals surface area contributed by atoms with Crippen LogP contribution in [0.2, 0.25) is 0 Å². The molecule has 0 aromatic heterocycles. The molecule has 0 N–H and O–H groups in total. The molecule has 1 amide bonds. The molecule has 0 radical (unpaired) electrons. The molecule has 0 unspecified atom stereocenters. The zero-order valence-electron chi connectivity index (χ0n) is 14.3. The van der Waals surface area contributed by atoms with Crippen LogP contribution >= 0.6 is 0 Å². The van der Waals surface area contributed by atoms with E-state index in [4.69, 9.17) is 4.74 Å². The monoisotopic (exact) mass is 304 g/mol. The van der Waals surface area contributed by atoms with Crippen LogP contribution in [0.3, 0.4) is 0 Å². The van der Waals surface area contributed by atoms with Crippen LogP contribution in [0.5, 0.6) is 5.75 Å². The quantitative estimate of drug-likeness (QED) is 0.857. The molecule has 1 aromatic rings. The van der Waals surface area contributed by atoms with E-state index in [0.29, 0.717) is 5.41 Å². The lowest BCUT2D eigenvalue weighted by atomic mass is 9.96. The molecule has 0 saturated carbocycles. The normalized spacial score (nSPS) is 16.6. The standard InChI is InChI=1S/C18H28N2O2/c1-15-5-7-16(8-6-15)22-13-17(21)20-11-9-19(10-12-20)14-18(2,3)4/h5-8H,9-14H2,1-4H3. The minimum atomic E-state index is 0.0796. The van der Waals surface area contributed by atoms with Gasteiger partial charge in [0.15, 0.2) is 6.61 Å². The topological polar surface area (TPSA) is 32.8 Å². The number of carbonyl (C=O) groups excluding carboxylic acids is 1. The van der Waals surface area contributed by atoms with Gasteiger partial charge in [0, 0.05) is 32.7 Å². The maximum absolute atomic E-state index is 12.2. The van der Waals surface area contributed by atoms with Crippen LogP contribution in [0.1, 0.15) is 26.3 Å². The number of piperazine rings is 1. The minimum Gasteiger partial charge on any atom is -0.484 e. The van der Waals surface area contributed by atoms with Crippen LogP contribution in [0.15, 0.2) is 24.3 Å².